The van der Waals surface area contributed by atoms with E-state index in [1.807, 2.05) is 6.92 Å². The Morgan fingerprint density at radius 3 is 2.81 bits per heavy atom. The molecule has 1 aromatic rings. The summed E-state index contributed by atoms with van der Waals surface area (Å²) in [7, 11) is 0. The van der Waals surface area contributed by atoms with Gasteiger partial charge in [-0.2, -0.15) is 18.3 Å². The zero-order valence-electron chi connectivity index (χ0n) is 8.67. The molecule has 92 valence electrons. The maximum absolute atomic E-state index is 11.9. The second-order valence-electron chi connectivity index (χ2n) is 3.21. The summed E-state index contributed by atoms with van der Waals surface area (Å²) in [5, 5.41) is 3.84. The molecule has 0 aliphatic carbocycles. The van der Waals surface area contributed by atoms with E-state index in [0.29, 0.717) is 0 Å². The number of thioether (sulfide) groups is 1. The first-order valence-electron chi connectivity index (χ1n) is 4.79. The van der Waals surface area contributed by atoms with Crippen molar-refractivity contribution in [1.82, 2.24) is 9.78 Å². The maximum atomic E-state index is 11.9. The predicted molar refractivity (Wildman–Crippen MR) is 59.6 cm³/mol. The summed E-state index contributed by atoms with van der Waals surface area (Å²) in [4.78, 5) is 0. The summed E-state index contributed by atoms with van der Waals surface area (Å²) in [5.74, 6) is -0.0380. The SMILES string of the molecule is CCC(Cl)c1cnn(CCSC(F)(F)F)c1. The van der Waals surface area contributed by atoms with Crippen molar-refractivity contribution in [1.29, 1.82) is 0 Å². The van der Waals surface area contributed by atoms with Gasteiger partial charge in [-0.1, -0.05) is 6.92 Å². The summed E-state index contributed by atoms with van der Waals surface area (Å²) in [6.45, 7) is 2.17. The zero-order chi connectivity index (χ0) is 12.2. The van der Waals surface area contributed by atoms with Crippen LogP contribution in [0.2, 0.25) is 0 Å². The average Bonchev–Trinajstić information content (AvgIpc) is 2.63. The van der Waals surface area contributed by atoms with E-state index in [0.717, 1.165) is 12.0 Å². The molecule has 1 aromatic heterocycles. The average molecular weight is 273 g/mol. The van der Waals surface area contributed by atoms with Gasteiger partial charge in [-0.3, -0.25) is 4.68 Å². The molecule has 0 radical (unpaired) electrons. The fourth-order valence-electron chi connectivity index (χ4n) is 1.15. The molecule has 2 nitrogen and oxygen atoms in total. The van der Waals surface area contributed by atoms with Gasteiger partial charge in [0.05, 0.1) is 18.1 Å². The van der Waals surface area contributed by atoms with Gasteiger partial charge in [0.25, 0.3) is 0 Å². The molecular formula is C9H12ClF3N2S. The lowest BCUT2D eigenvalue weighted by molar-refractivity contribution is -0.0328. The van der Waals surface area contributed by atoms with Crippen LogP contribution in [0.3, 0.4) is 0 Å². The Morgan fingerprint density at radius 1 is 1.56 bits per heavy atom. The highest BCUT2D eigenvalue weighted by atomic mass is 35.5. The van der Waals surface area contributed by atoms with E-state index < -0.39 is 5.51 Å². The van der Waals surface area contributed by atoms with E-state index in [-0.39, 0.29) is 29.4 Å². The third kappa shape index (κ3) is 4.65. The number of halogens is 4. The minimum atomic E-state index is -4.17. The first-order valence-corrected chi connectivity index (χ1v) is 6.21. The van der Waals surface area contributed by atoms with Gasteiger partial charge in [0.1, 0.15) is 0 Å². The van der Waals surface area contributed by atoms with E-state index in [1.165, 1.54) is 4.68 Å². The summed E-state index contributed by atoms with van der Waals surface area (Å²) in [6.07, 6.45) is 4.06. The summed E-state index contributed by atoms with van der Waals surface area (Å²) >= 11 is 5.93. The first-order chi connectivity index (χ1) is 7.42. The van der Waals surface area contributed by atoms with Crippen LogP contribution in [-0.4, -0.2) is 21.0 Å². The molecule has 0 fully saturated rings. The van der Waals surface area contributed by atoms with E-state index in [2.05, 4.69) is 5.10 Å². The van der Waals surface area contributed by atoms with Crippen LogP contribution in [0.15, 0.2) is 12.4 Å². The zero-order valence-corrected chi connectivity index (χ0v) is 10.2. The molecule has 0 N–H and O–H groups in total. The topological polar surface area (TPSA) is 17.8 Å². The maximum Gasteiger partial charge on any atom is 0.441 e. The highest BCUT2D eigenvalue weighted by Gasteiger charge is 2.27. The number of aromatic nitrogens is 2. The van der Waals surface area contributed by atoms with Crippen LogP contribution in [0.4, 0.5) is 13.2 Å². The number of hydrogen-bond donors (Lipinski definition) is 0. The van der Waals surface area contributed by atoms with Gasteiger partial charge in [-0.15, -0.1) is 11.6 Å². The minimum Gasteiger partial charge on any atom is -0.272 e. The molecule has 1 rings (SSSR count). The lowest BCUT2D eigenvalue weighted by Crippen LogP contribution is -2.07. The van der Waals surface area contributed by atoms with Crippen molar-refractivity contribution in [3.63, 3.8) is 0 Å². The number of aryl methyl sites for hydroxylation is 1. The Balaban J connectivity index is 2.41. The first kappa shape index (κ1) is 13.7. The Hall–Kier alpha value is -0.360. The molecule has 0 amide bonds. The van der Waals surface area contributed by atoms with Crippen molar-refractivity contribution < 1.29 is 13.2 Å². The van der Waals surface area contributed by atoms with Crippen LogP contribution in [0.5, 0.6) is 0 Å². The molecule has 1 atom stereocenters. The Bertz CT molecular complexity index is 327. The molecular weight excluding hydrogens is 261 g/mol. The third-order valence-electron chi connectivity index (χ3n) is 1.96. The summed E-state index contributed by atoms with van der Waals surface area (Å²) in [5.41, 5.74) is -3.32. The predicted octanol–water partition coefficient (Wildman–Crippen LogP) is 3.83. The van der Waals surface area contributed by atoms with Gasteiger partial charge in [0.15, 0.2) is 0 Å². The molecule has 0 spiro atoms. The quantitative estimate of drug-likeness (QED) is 0.758. The van der Waals surface area contributed by atoms with Crippen molar-refractivity contribution in [3.05, 3.63) is 18.0 Å². The second kappa shape index (κ2) is 5.82. The molecule has 1 unspecified atom stereocenters. The van der Waals surface area contributed by atoms with Crippen LogP contribution in [0.1, 0.15) is 24.3 Å². The molecule has 0 aromatic carbocycles. The number of rotatable bonds is 5. The van der Waals surface area contributed by atoms with Gasteiger partial charge in [0.2, 0.25) is 0 Å². The van der Waals surface area contributed by atoms with Crippen LogP contribution < -0.4 is 0 Å². The fraction of sp³-hybridized carbons (Fsp3) is 0.667. The Kier molecular flexibility index (Phi) is 4.98. The fourth-order valence-corrected chi connectivity index (χ4v) is 1.78. The standard InChI is InChI=1S/C9H12ClF3N2S/c1-2-8(10)7-5-14-15(6-7)3-4-16-9(11,12)13/h5-6,8H,2-4H2,1H3. The van der Waals surface area contributed by atoms with Crippen LogP contribution in [-0.2, 0) is 6.54 Å². The number of nitrogens with zero attached hydrogens (tertiary/aromatic N) is 2. The largest absolute Gasteiger partial charge is 0.441 e. The van der Waals surface area contributed by atoms with Gasteiger partial charge in [0, 0.05) is 17.5 Å². The number of alkyl halides is 4. The van der Waals surface area contributed by atoms with E-state index in [9.17, 15) is 13.2 Å². The molecule has 0 aliphatic rings. The van der Waals surface area contributed by atoms with Crippen molar-refractivity contribution in [2.24, 2.45) is 0 Å². The third-order valence-corrected chi connectivity index (χ3v) is 3.23. The lowest BCUT2D eigenvalue weighted by Gasteiger charge is -2.05. The number of hydrogen-bond acceptors (Lipinski definition) is 2. The van der Waals surface area contributed by atoms with E-state index >= 15 is 0 Å². The van der Waals surface area contributed by atoms with Gasteiger partial charge in [-0.25, -0.2) is 0 Å². The highest BCUT2D eigenvalue weighted by molar-refractivity contribution is 8.00. The smallest absolute Gasteiger partial charge is 0.272 e. The highest BCUT2D eigenvalue weighted by Crippen LogP contribution is 2.30. The molecule has 0 saturated heterocycles. The van der Waals surface area contributed by atoms with Crippen molar-refractivity contribution in [3.8, 4) is 0 Å². The second-order valence-corrected chi connectivity index (χ2v) is 4.89. The summed E-state index contributed by atoms with van der Waals surface area (Å²) < 4.78 is 37.1. The lowest BCUT2D eigenvalue weighted by atomic mass is 10.2. The molecule has 0 aliphatic heterocycles. The molecule has 0 saturated carbocycles. The molecule has 1 heterocycles. The van der Waals surface area contributed by atoms with Gasteiger partial charge >= 0.3 is 5.51 Å². The van der Waals surface area contributed by atoms with Crippen molar-refractivity contribution in [2.75, 3.05) is 5.75 Å². The van der Waals surface area contributed by atoms with Crippen LogP contribution >= 0.6 is 23.4 Å². The van der Waals surface area contributed by atoms with Crippen LogP contribution in [0, 0.1) is 0 Å². The molecule has 7 heteroatoms. The molecule has 16 heavy (non-hydrogen) atoms. The van der Waals surface area contributed by atoms with Crippen molar-refractivity contribution in [2.45, 2.75) is 30.8 Å². The van der Waals surface area contributed by atoms with Gasteiger partial charge < -0.3 is 0 Å². The Labute approximate surface area is 101 Å². The monoisotopic (exact) mass is 272 g/mol. The van der Waals surface area contributed by atoms with Gasteiger partial charge in [-0.05, 0) is 18.2 Å². The van der Waals surface area contributed by atoms with Crippen molar-refractivity contribution >= 4 is 23.4 Å². The van der Waals surface area contributed by atoms with E-state index in [1.54, 1.807) is 12.4 Å². The minimum absolute atomic E-state index is 0.0380. The summed E-state index contributed by atoms with van der Waals surface area (Å²) in [6, 6.07) is 0. The van der Waals surface area contributed by atoms with E-state index in [4.69, 9.17) is 11.6 Å². The Morgan fingerprint density at radius 2 is 2.25 bits per heavy atom. The molecule has 0 bridgehead atoms. The normalized spacial score (nSPS) is 14.1. The van der Waals surface area contributed by atoms with Crippen LogP contribution in [0.25, 0.3) is 0 Å².